The van der Waals surface area contributed by atoms with Crippen LogP contribution >= 0.6 is 15.6 Å². The third-order valence-corrected chi connectivity index (χ3v) is 19.9. The Labute approximate surface area is 588 Å². The zero-order valence-corrected chi connectivity index (χ0v) is 64.5. The number of hydrogen-bond acceptors (Lipinski definition) is 15. The van der Waals surface area contributed by atoms with Crippen molar-refractivity contribution in [1.29, 1.82) is 0 Å². The Morgan fingerprint density at radius 3 is 0.708 bits per heavy atom. The number of phosphoric ester groups is 2. The number of esters is 4. The molecule has 0 aromatic rings. The molecule has 3 N–H and O–H groups in total. The lowest BCUT2D eigenvalue weighted by Gasteiger charge is -2.21. The number of aliphatic hydroxyl groups is 1. The fourth-order valence-corrected chi connectivity index (χ4v) is 13.4. The number of phosphoric acid groups is 2. The Morgan fingerprint density at radius 2 is 0.479 bits per heavy atom. The molecule has 0 rings (SSSR count). The molecule has 0 heterocycles. The summed E-state index contributed by atoms with van der Waals surface area (Å²) >= 11 is 0. The molecule has 0 saturated carbocycles. The van der Waals surface area contributed by atoms with Crippen LogP contribution in [0, 0.1) is 11.8 Å². The van der Waals surface area contributed by atoms with E-state index in [9.17, 15) is 43.2 Å². The molecule has 0 aromatic carbocycles. The Hall–Kier alpha value is -1.94. The smallest absolute Gasteiger partial charge is 0.462 e. The van der Waals surface area contributed by atoms with Crippen molar-refractivity contribution in [2.24, 2.45) is 11.8 Å². The van der Waals surface area contributed by atoms with Crippen molar-refractivity contribution < 1.29 is 80.2 Å². The third-order valence-electron chi connectivity index (χ3n) is 18.0. The van der Waals surface area contributed by atoms with Crippen molar-refractivity contribution in [2.75, 3.05) is 39.6 Å². The Morgan fingerprint density at radius 1 is 0.281 bits per heavy atom. The van der Waals surface area contributed by atoms with Gasteiger partial charge in [0.2, 0.25) is 0 Å². The van der Waals surface area contributed by atoms with Crippen molar-refractivity contribution in [1.82, 2.24) is 0 Å². The number of hydrogen-bond donors (Lipinski definition) is 3. The molecule has 570 valence electrons. The molecule has 0 amide bonds. The highest BCUT2D eigenvalue weighted by atomic mass is 31.2. The second kappa shape index (κ2) is 68.8. The second-order valence-corrected chi connectivity index (χ2v) is 31.6. The van der Waals surface area contributed by atoms with Gasteiger partial charge in [-0.05, 0) is 37.5 Å². The molecule has 0 spiro atoms. The van der Waals surface area contributed by atoms with Gasteiger partial charge in [-0.2, -0.15) is 0 Å². The van der Waals surface area contributed by atoms with Crippen LogP contribution in [0.25, 0.3) is 0 Å². The summed E-state index contributed by atoms with van der Waals surface area (Å²) in [6, 6.07) is 0. The summed E-state index contributed by atoms with van der Waals surface area (Å²) in [6.07, 6.45) is 56.8. The highest BCUT2D eigenvalue weighted by Gasteiger charge is 2.30. The van der Waals surface area contributed by atoms with E-state index >= 15 is 0 Å². The lowest BCUT2D eigenvalue weighted by atomic mass is 10.0. The molecule has 0 radical (unpaired) electrons. The summed E-state index contributed by atoms with van der Waals surface area (Å²) in [4.78, 5) is 72.8. The average Bonchev–Trinajstić information content (AvgIpc) is 1.29. The van der Waals surface area contributed by atoms with Gasteiger partial charge in [0.1, 0.15) is 19.3 Å². The van der Waals surface area contributed by atoms with E-state index in [0.29, 0.717) is 25.7 Å². The van der Waals surface area contributed by atoms with Crippen LogP contribution < -0.4 is 0 Å². The van der Waals surface area contributed by atoms with Crippen molar-refractivity contribution >= 4 is 39.5 Å². The molecule has 0 aliphatic carbocycles. The van der Waals surface area contributed by atoms with Gasteiger partial charge in [0, 0.05) is 25.7 Å². The summed E-state index contributed by atoms with van der Waals surface area (Å²) in [6.45, 7) is 9.64. The monoisotopic (exact) mass is 1410 g/mol. The molecule has 5 atom stereocenters. The van der Waals surface area contributed by atoms with Crippen LogP contribution in [0.5, 0.6) is 0 Å². The molecule has 96 heavy (non-hydrogen) atoms. The quantitative estimate of drug-likeness (QED) is 0.0222. The number of aliphatic hydroxyl groups excluding tert-OH is 1. The molecule has 0 aliphatic rings. The standard InChI is InChI=1S/C77H150O17P2/c1-7-9-11-13-15-17-18-30-37-43-49-55-61-76(81)93-72(65-87-74(79)59-53-47-41-33-16-14-12-10-8-2)67-91-95(83,84)89-63-71(78)64-90-96(85,86)92-68-73(66-88-75(80)60-54-48-42-36-31-26-23-22-25-29-35-40-46-52-58-70(5)6)94-77(82)62-56-50-44-38-32-27-21-19-20-24-28-34-39-45-51-57-69(3)4/h69-73,78H,7-68H2,1-6H3,(H,83,84)(H,85,86)/t71-,72+,73+/m0/s1. The molecule has 17 nitrogen and oxygen atoms in total. The fourth-order valence-electron chi connectivity index (χ4n) is 11.8. The van der Waals surface area contributed by atoms with Crippen LogP contribution in [0.2, 0.25) is 0 Å². The zero-order valence-electron chi connectivity index (χ0n) is 62.7. The molecule has 19 heteroatoms. The topological polar surface area (TPSA) is 237 Å². The lowest BCUT2D eigenvalue weighted by Crippen LogP contribution is -2.30. The summed E-state index contributed by atoms with van der Waals surface area (Å²) in [5, 5.41) is 10.6. The van der Waals surface area contributed by atoms with Crippen molar-refractivity contribution in [3.05, 3.63) is 0 Å². The van der Waals surface area contributed by atoms with E-state index in [-0.39, 0.29) is 25.7 Å². The maximum absolute atomic E-state index is 13.1. The van der Waals surface area contributed by atoms with Crippen molar-refractivity contribution in [3.8, 4) is 0 Å². The molecular weight excluding hydrogens is 1260 g/mol. The van der Waals surface area contributed by atoms with E-state index in [0.717, 1.165) is 102 Å². The highest BCUT2D eigenvalue weighted by molar-refractivity contribution is 7.47. The van der Waals surface area contributed by atoms with Gasteiger partial charge in [-0.25, -0.2) is 9.13 Å². The van der Waals surface area contributed by atoms with Crippen molar-refractivity contribution in [3.63, 3.8) is 0 Å². The molecule has 0 fully saturated rings. The van der Waals surface area contributed by atoms with Gasteiger partial charge < -0.3 is 33.8 Å². The maximum atomic E-state index is 13.1. The number of ether oxygens (including phenoxy) is 4. The minimum atomic E-state index is -4.96. The van der Waals surface area contributed by atoms with Crippen LogP contribution in [-0.4, -0.2) is 96.7 Å². The van der Waals surface area contributed by atoms with Crippen LogP contribution in [0.4, 0.5) is 0 Å². The first-order valence-corrected chi connectivity index (χ1v) is 43.0. The first kappa shape index (κ1) is 94.1. The predicted octanol–water partition coefficient (Wildman–Crippen LogP) is 22.7. The second-order valence-electron chi connectivity index (χ2n) is 28.7. The minimum Gasteiger partial charge on any atom is -0.462 e. The molecule has 0 saturated heterocycles. The molecular formula is C77H150O17P2. The van der Waals surface area contributed by atoms with Crippen LogP contribution in [0.15, 0.2) is 0 Å². The van der Waals surface area contributed by atoms with E-state index in [4.69, 9.17) is 37.0 Å². The van der Waals surface area contributed by atoms with Gasteiger partial charge in [-0.1, -0.05) is 350 Å². The van der Waals surface area contributed by atoms with Gasteiger partial charge >= 0.3 is 39.5 Å². The van der Waals surface area contributed by atoms with Crippen molar-refractivity contribution in [2.45, 2.75) is 419 Å². The summed E-state index contributed by atoms with van der Waals surface area (Å²) in [7, 11) is -9.91. The van der Waals surface area contributed by atoms with Gasteiger partial charge in [0.05, 0.1) is 26.4 Å². The van der Waals surface area contributed by atoms with Gasteiger partial charge in [0.15, 0.2) is 12.2 Å². The Bertz CT molecular complexity index is 1860. The lowest BCUT2D eigenvalue weighted by molar-refractivity contribution is -0.161. The molecule has 0 aliphatic heterocycles. The predicted molar refractivity (Wildman–Crippen MR) is 391 cm³/mol. The van der Waals surface area contributed by atoms with E-state index in [2.05, 4.69) is 41.5 Å². The fraction of sp³-hybridized carbons (Fsp3) is 0.948. The minimum absolute atomic E-state index is 0.107. The number of unbranched alkanes of at least 4 members (excludes halogenated alkanes) is 46. The van der Waals surface area contributed by atoms with E-state index < -0.39 is 97.5 Å². The van der Waals surface area contributed by atoms with E-state index in [1.165, 1.54) is 218 Å². The summed E-state index contributed by atoms with van der Waals surface area (Å²) in [5.74, 6) is -0.512. The zero-order chi connectivity index (χ0) is 70.7. The SMILES string of the molecule is CCCCCCCCCCCCCCC(=O)O[C@H](COC(=O)CCCCCCCCCCC)COP(=O)(O)OC[C@H](O)COP(=O)(O)OC[C@@H](COC(=O)CCCCCCCCCCCCCCCCC(C)C)OC(=O)CCCCCCCCCCCCCCCCCC(C)C. The van der Waals surface area contributed by atoms with Gasteiger partial charge in [0.25, 0.3) is 0 Å². The third kappa shape index (κ3) is 70.5. The van der Waals surface area contributed by atoms with E-state index in [1.807, 2.05) is 0 Å². The van der Waals surface area contributed by atoms with Gasteiger partial charge in [-0.15, -0.1) is 0 Å². The van der Waals surface area contributed by atoms with E-state index in [1.54, 1.807) is 0 Å². The largest absolute Gasteiger partial charge is 0.472 e. The normalized spacial score (nSPS) is 14.0. The van der Waals surface area contributed by atoms with Crippen LogP contribution in [0.3, 0.4) is 0 Å². The summed E-state index contributed by atoms with van der Waals surface area (Å²) < 4.78 is 68.5. The first-order valence-electron chi connectivity index (χ1n) is 40.0. The number of carbonyl (C=O) groups is 4. The molecule has 0 aromatic heterocycles. The Balaban J connectivity index is 5.22. The molecule has 0 bridgehead atoms. The number of carbonyl (C=O) groups excluding carboxylic acids is 4. The molecule has 2 unspecified atom stereocenters. The van der Waals surface area contributed by atoms with Crippen LogP contribution in [0.1, 0.15) is 401 Å². The summed E-state index contributed by atoms with van der Waals surface area (Å²) in [5.41, 5.74) is 0. The number of rotatable bonds is 76. The van der Waals surface area contributed by atoms with Gasteiger partial charge in [-0.3, -0.25) is 37.3 Å². The van der Waals surface area contributed by atoms with Crippen LogP contribution in [-0.2, 0) is 65.4 Å². The highest BCUT2D eigenvalue weighted by Crippen LogP contribution is 2.45. The Kier molecular flexibility index (Phi) is 67.4. The first-order chi connectivity index (χ1) is 46.4. The average molecular weight is 1410 g/mol. The maximum Gasteiger partial charge on any atom is 0.472 e.